The van der Waals surface area contributed by atoms with Gasteiger partial charge in [0.2, 0.25) is 0 Å². The first-order valence-electron chi connectivity index (χ1n) is 8.67. The summed E-state index contributed by atoms with van der Waals surface area (Å²) in [7, 11) is 0. The zero-order valence-corrected chi connectivity index (χ0v) is 14.8. The lowest BCUT2D eigenvalue weighted by Gasteiger charge is -2.23. The Hall–Kier alpha value is -2.98. The van der Waals surface area contributed by atoms with Crippen LogP contribution >= 0.6 is 0 Å². The molecular formula is C22H23N3O. The Morgan fingerprint density at radius 3 is 2.08 bits per heavy atom. The monoisotopic (exact) mass is 345 g/mol. The van der Waals surface area contributed by atoms with E-state index in [1.54, 1.807) is 18.5 Å². The SMILES string of the molecule is C=CCOc1ccccc1CN(Cc1cccnc1)Cc1cccnc1. The average Bonchev–Trinajstić information content (AvgIpc) is 2.69. The van der Waals surface area contributed by atoms with Crippen LogP contribution < -0.4 is 4.74 Å². The van der Waals surface area contributed by atoms with Gasteiger partial charge in [0.05, 0.1) is 0 Å². The number of benzene rings is 1. The highest BCUT2D eigenvalue weighted by Crippen LogP contribution is 2.22. The van der Waals surface area contributed by atoms with Crippen molar-refractivity contribution in [1.29, 1.82) is 0 Å². The highest BCUT2D eigenvalue weighted by molar-refractivity contribution is 5.33. The number of hydrogen-bond donors (Lipinski definition) is 0. The van der Waals surface area contributed by atoms with Gasteiger partial charge in [0, 0.05) is 50.0 Å². The third-order valence-corrected chi connectivity index (χ3v) is 3.98. The van der Waals surface area contributed by atoms with E-state index in [9.17, 15) is 0 Å². The molecule has 132 valence electrons. The smallest absolute Gasteiger partial charge is 0.124 e. The first-order valence-corrected chi connectivity index (χ1v) is 8.67. The lowest BCUT2D eigenvalue weighted by atomic mass is 10.1. The number of nitrogens with zero attached hydrogens (tertiary/aromatic N) is 3. The van der Waals surface area contributed by atoms with Crippen LogP contribution in [0, 0.1) is 0 Å². The van der Waals surface area contributed by atoms with Crippen LogP contribution in [0.15, 0.2) is 86.0 Å². The number of rotatable bonds is 9. The summed E-state index contributed by atoms with van der Waals surface area (Å²) in [5.41, 5.74) is 3.52. The second-order valence-electron chi connectivity index (χ2n) is 6.08. The van der Waals surface area contributed by atoms with Crippen molar-refractivity contribution >= 4 is 0 Å². The molecule has 0 spiro atoms. The molecule has 0 aliphatic heterocycles. The lowest BCUT2D eigenvalue weighted by molar-refractivity contribution is 0.241. The molecule has 2 aromatic heterocycles. The van der Waals surface area contributed by atoms with Gasteiger partial charge in [-0.05, 0) is 29.3 Å². The fourth-order valence-corrected chi connectivity index (χ4v) is 2.83. The van der Waals surface area contributed by atoms with Gasteiger partial charge >= 0.3 is 0 Å². The third kappa shape index (κ3) is 5.26. The van der Waals surface area contributed by atoms with E-state index in [2.05, 4.69) is 39.6 Å². The number of hydrogen-bond acceptors (Lipinski definition) is 4. The summed E-state index contributed by atoms with van der Waals surface area (Å²) < 4.78 is 5.82. The molecule has 0 unspecified atom stereocenters. The minimum atomic E-state index is 0.502. The van der Waals surface area contributed by atoms with Crippen molar-refractivity contribution in [2.45, 2.75) is 19.6 Å². The summed E-state index contributed by atoms with van der Waals surface area (Å²) in [6, 6.07) is 16.3. The quantitative estimate of drug-likeness (QED) is 0.544. The van der Waals surface area contributed by atoms with Crippen LogP contribution in [0.1, 0.15) is 16.7 Å². The second kappa shape index (κ2) is 9.49. The summed E-state index contributed by atoms with van der Waals surface area (Å²) in [5, 5.41) is 0. The summed E-state index contributed by atoms with van der Waals surface area (Å²) in [4.78, 5) is 10.8. The topological polar surface area (TPSA) is 38.2 Å². The maximum Gasteiger partial charge on any atom is 0.124 e. The van der Waals surface area contributed by atoms with Crippen LogP contribution in [0.5, 0.6) is 5.75 Å². The Kier molecular flexibility index (Phi) is 6.51. The van der Waals surface area contributed by atoms with Crippen LogP contribution in [0.4, 0.5) is 0 Å². The van der Waals surface area contributed by atoms with Crippen molar-refractivity contribution in [2.75, 3.05) is 6.61 Å². The van der Waals surface area contributed by atoms with Crippen LogP contribution in [0.25, 0.3) is 0 Å². The normalized spacial score (nSPS) is 10.7. The van der Waals surface area contributed by atoms with Gasteiger partial charge in [0.1, 0.15) is 12.4 Å². The summed E-state index contributed by atoms with van der Waals surface area (Å²) in [6.45, 7) is 6.61. The van der Waals surface area contributed by atoms with Crippen molar-refractivity contribution in [2.24, 2.45) is 0 Å². The number of aromatic nitrogens is 2. The third-order valence-electron chi connectivity index (χ3n) is 3.98. The van der Waals surface area contributed by atoms with E-state index in [-0.39, 0.29) is 0 Å². The van der Waals surface area contributed by atoms with Gasteiger partial charge in [0.25, 0.3) is 0 Å². The fourth-order valence-electron chi connectivity index (χ4n) is 2.83. The lowest BCUT2D eigenvalue weighted by Crippen LogP contribution is -2.23. The molecule has 4 nitrogen and oxygen atoms in total. The molecule has 2 heterocycles. The van der Waals surface area contributed by atoms with Crippen LogP contribution in [0.2, 0.25) is 0 Å². The van der Waals surface area contributed by atoms with Gasteiger partial charge in [-0.3, -0.25) is 14.9 Å². The molecule has 0 saturated heterocycles. The molecule has 0 aliphatic carbocycles. The maximum absolute atomic E-state index is 5.82. The van der Waals surface area contributed by atoms with E-state index in [0.717, 1.165) is 30.9 Å². The first-order chi connectivity index (χ1) is 12.8. The molecule has 0 bridgehead atoms. The fraction of sp³-hybridized carbons (Fsp3) is 0.182. The van der Waals surface area contributed by atoms with Crippen LogP contribution in [-0.4, -0.2) is 21.5 Å². The molecule has 0 N–H and O–H groups in total. The van der Waals surface area contributed by atoms with Crippen molar-refractivity contribution in [3.05, 3.63) is 103 Å². The Labute approximate surface area is 154 Å². The molecule has 0 atom stereocenters. The van der Waals surface area contributed by atoms with E-state index in [4.69, 9.17) is 4.74 Å². The molecule has 0 fully saturated rings. The Morgan fingerprint density at radius 1 is 0.846 bits per heavy atom. The zero-order valence-electron chi connectivity index (χ0n) is 14.8. The van der Waals surface area contributed by atoms with Crippen LogP contribution in [0.3, 0.4) is 0 Å². The average molecular weight is 345 g/mol. The molecule has 3 rings (SSSR count). The molecule has 0 aliphatic rings. The number of ether oxygens (including phenoxy) is 1. The van der Waals surface area contributed by atoms with Crippen molar-refractivity contribution < 1.29 is 4.74 Å². The van der Waals surface area contributed by atoms with E-state index in [1.807, 2.05) is 42.7 Å². The van der Waals surface area contributed by atoms with Crippen molar-refractivity contribution in [3.63, 3.8) is 0 Å². The molecule has 1 aromatic carbocycles. The standard InChI is InChI=1S/C22H23N3O/c1-2-13-26-22-10-4-3-9-21(22)18-25(16-19-7-5-11-23-14-19)17-20-8-6-12-24-15-20/h2-12,14-15H,1,13,16-18H2. The van der Waals surface area contributed by atoms with Gasteiger partial charge in [-0.25, -0.2) is 0 Å². The second-order valence-corrected chi connectivity index (χ2v) is 6.08. The predicted octanol–water partition coefficient (Wildman–Crippen LogP) is 4.24. The summed E-state index contributed by atoms with van der Waals surface area (Å²) in [6.07, 6.45) is 9.19. The highest BCUT2D eigenvalue weighted by Gasteiger charge is 2.12. The van der Waals surface area contributed by atoms with Crippen LogP contribution in [-0.2, 0) is 19.6 Å². The molecule has 3 aromatic rings. The van der Waals surface area contributed by atoms with Gasteiger partial charge in [-0.2, -0.15) is 0 Å². The number of pyridine rings is 2. The minimum absolute atomic E-state index is 0.502. The summed E-state index contributed by atoms with van der Waals surface area (Å²) in [5.74, 6) is 0.898. The van der Waals surface area contributed by atoms with E-state index >= 15 is 0 Å². The van der Waals surface area contributed by atoms with E-state index in [0.29, 0.717) is 6.61 Å². The largest absolute Gasteiger partial charge is 0.489 e. The maximum atomic E-state index is 5.82. The summed E-state index contributed by atoms with van der Waals surface area (Å²) >= 11 is 0. The molecular weight excluding hydrogens is 322 g/mol. The first kappa shape index (κ1) is 17.8. The number of para-hydroxylation sites is 1. The van der Waals surface area contributed by atoms with Gasteiger partial charge in [0.15, 0.2) is 0 Å². The zero-order chi connectivity index (χ0) is 18.0. The molecule has 0 saturated carbocycles. The van der Waals surface area contributed by atoms with E-state index < -0.39 is 0 Å². The predicted molar refractivity (Wildman–Crippen MR) is 104 cm³/mol. The van der Waals surface area contributed by atoms with E-state index in [1.165, 1.54) is 11.1 Å². The van der Waals surface area contributed by atoms with Gasteiger partial charge in [-0.1, -0.05) is 43.0 Å². The van der Waals surface area contributed by atoms with Gasteiger partial charge in [-0.15, -0.1) is 0 Å². The molecule has 0 amide bonds. The Morgan fingerprint density at radius 2 is 1.50 bits per heavy atom. The Balaban J connectivity index is 1.80. The minimum Gasteiger partial charge on any atom is -0.489 e. The molecule has 26 heavy (non-hydrogen) atoms. The highest BCUT2D eigenvalue weighted by atomic mass is 16.5. The van der Waals surface area contributed by atoms with Gasteiger partial charge < -0.3 is 4.74 Å². The molecule has 0 radical (unpaired) electrons. The van der Waals surface area contributed by atoms with Crippen molar-refractivity contribution in [1.82, 2.24) is 14.9 Å². The Bertz CT molecular complexity index is 764. The molecule has 4 heteroatoms. The van der Waals surface area contributed by atoms with Crippen molar-refractivity contribution in [3.8, 4) is 5.75 Å².